The highest BCUT2D eigenvalue weighted by Gasteiger charge is 2.32. The Bertz CT molecular complexity index is 1210. The first-order valence-corrected chi connectivity index (χ1v) is 10.3. The fourth-order valence-electron chi connectivity index (χ4n) is 4.08. The highest BCUT2D eigenvalue weighted by molar-refractivity contribution is 6.08. The van der Waals surface area contributed by atoms with E-state index in [2.05, 4.69) is 0 Å². The maximum atomic E-state index is 13.3. The van der Waals surface area contributed by atoms with Gasteiger partial charge >= 0.3 is 0 Å². The minimum absolute atomic E-state index is 0.0508. The summed E-state index contributed by atoms with van der Waals surface area (Å²) < 4.78 is 35.9. The molecule has 0 N–H and O–H groups in total. The zero-order valence-electron chi connectivity index (χ0n) is 17.7. The van der Waals surface area contributed by atoms with Gasteiger partial charge in [-0.1, -0.05) is 12.1 Å². The third-order valence-electron chi connectivity index (χ3n) is 5.89. The minimum atomic E-state index is -0.384. The summed E-state index contributed by atoms with van der Waals surface area (Å²) in [7, 11) is 1.63. The van der Waals surface area contributed by atoms with Gasteiger partial charge in [0.1, 0.15) is 23.1 Å². The van der Waals surface area contributed by atoms with E-state index in [0.717, 1.165) is 16.9 Å². The summed E-state index contributed by atoms with van der Waals surface area (Å²) in [4.78, 5) is 13.1. The number of ether oxygens (including phenoxy) is 4. The Morgan fingerprint density at radius 1 is 0.969 bits per heavy atom. The lowest BCUT2D eigenvalue weighted by Crippen LogP contribution is -2.17. The summed E-state index contributed by atoms with van der Waals surface area (Å²) in [6, 6.07) is 17.1. The van der Waals surface area contributed by atoms with Gasteiger partial charge in [0.05, 0.1) is 7.11 Å². The van der Waals surface area contributed by atoms with Crippen LogP contribution in [0.15, 0.2) is 72.0 Å². The maximum absolute atomic E-state index is 13.3. The molecule has 0 bridgehead atoms. The maximum Gasteiger partial charge on any atom is 0.231 e. The smallest absolute Gasteiger partial charge is 0.231 e. The lowest BCUT2D eigenvalue weighted by molar-refractivity contribution is 0.102. The average molecular weight is 432 g/mol. The molecule has 0 amide bonds. The Balaban J connectivity index is 1.58. The number of ketones is 1. The molecule has 2 aliphatic rings. The Morgan fingerprint density at radius 3 is 2.34 bits per heavy atom. The fourth-order valence-corrected chi connectivity index (χ4v) is 4.08. The molecule has 3 aromatic carbocycles. The van der Waals surface area contributed by atoms with Gasteiger partial charge in [0.15, 0.2) is 17.3 Å². The van der Waals surface area contributed by atoms with Crippen LogP contribution in [-0.2, 0) is 0 Å². The predicted molar refractivity (Wildman–Crippen MR) is 116 cm³/mol. The van der Waals surface area contributed by atoms with Crippen molar-refractivity contribution in [1.82, 2.24) is 0 Å². The van der Waals surface area contributed by atoms with Gasteiger partial charge in [-0.05, 0) is 55.0 Å². The van der Waals surface area contributed by atoms with Crippen LogP contribution in [0.5, 0.6) is 23.0 Å². The summed E-state index contributed by atoms with van der Waals surface area (Å²) in [5, 5.41) is 0. The van der Waals surface area contributed by atoms with Crippen molar-refractivity contribution >= 4 is 5.78 Å². The molecule has 32 heavy (non-hydrogen) atoms. The van der Waals surface area contributed by atoms with E-state index in [0.29, 0.717) is 40.6 Å². The monoisotopic (exact) mass is 432 g/mol. The number of benzene rings is 3. The Kier molecular flexibility index (Phi) is 5.05. The molecular formula is C26H21FO5. The van der Waals surface area contributed by atoms with Crippen molar-refractivity contribution in [2.75, 3.05) is 13.9 Å². The standard InChI is InChI=1S/C26H21FO5/c1-15(26(28)17-3-7-18(27)8-4-17)22-11-20(16-5-9-19(29-2)10-6-16)21-12-24-25(31-14-30-24)13-23(21)32-22/h3-10,12-13,20H,11,14H2,1-2H3/b22-15-/t20-/m0/s1. The molecule has 2 aliphatic heterocycles. The molecule has 0 aliphatic carbocycles. The largest absolute Gasteiger partial charge is 0.497 e. The van der Waals surface area contributed by atoms with Gasteiger partial charge in [-0.15, -0.1) is 0 Å². The first-order chi connectivity index (χ1) is 15.5. The second kappa shape index (κ2) is 8.04. The second-order valence-electron chi connectivity index (χ2n) is 7.76. The average Bonchev–Trinajstić information content (AvgIpc) is 3.29. The second-order valence-corrected chi connectivity index (χ2v) is 7.76. The van der Waals surface area contributed by atoms with Crippen LogP contribution in [0.1, 0.15) is 40.7 Å². The van der Waals surface area contributed by atoms with E-state index in [1.807, 2.05) is 36.4 Å². The van der Waals surface area contributed by atoms with Crippen LogP contribution >= 0.6 is 0 Å². The summed E-state index contributed by atoms with van der Waals surface area (Å²) in [5.41, 5.74) is 2.93. The molecule has 0 aromatic heterocycles. The third-order valence-corrected chi connectivity index (χ3v) is 5.89. The van der Waals surface area contributed by atoms with Crippen molar-refractivity contribution in [1.29, 1.82) is 0 Å². The molecule has 6 heteroatoms. The molecule has 0 saturated carbocycles. The van der Waals surface area contributed by atoms with Crippen LogP contribution in [0.2, 0.25) is 0 Å². The molecule has 0 radical (unpaired) electrons. The van der Waals surface area contributed by atoms with E-state index in [9.17, 15) is 9.18 Å². The van der Waals surface area contributed by atoms with Gasteiger partial charge in [0.25, 0.3) is 0 Å². The molecule has 5 nitrogen and oxygen atoms in total. The molecule has 3 aromatic rings. The lowest BCUT2D eigenvalue weighted by atomic mass is 9.84. The third kappa shape index (κ3) is 3.58. The number of rotatable bonds is 4. The van der Waals surface area contributed by atoms with E-state index in [4.69, 9.17) is 18.9 Å². The molecule has 162 valence electrons. The molecule has 0 saturated heterocycles. The van der Waals surface area contributed by atoms with E-state index in [1.165, 1.54) is 24.3 Å². The van der Waals surface area contributed by atoms with Crippen LogP contribution in [0.25, 0.3) is 0 Å². The number of fused-ring (bicyclic) bond motifs is 2. The highest BCUT2D eigenvalue weighted by Crippen LogP contribution is 2.48. The normalized spacial score (nSPS) is 17.9. The highest BCUT2D eigenvalue weighted by atomic mass is 19.1. The van der Waals surface area contributed by atoms with Crippen molar-refractivity contribution in [3.8, 4) is 23.0 Å². The van der Waals surface area contributed by atoms with Crippen molar-refractivity contribution in [2.45, 2.75) is 19.3 Å². The summed E-state index contributed by atoms with van der Waals surface area (Å²) >= 11 is 0. The Morgan fingerprint density at radius 2 is 1.66 bits per heavy atom. The van der Waals surface area contributed by atoms with Crippen molar-refractivity contribution < 1.29 is 28.1 Å². The topological polar surface area (TPSA) is 54.0 Å². The van der Waals surface area contributed by atoms with Crippen LogP contribution in [0.4, 0.5) is 4.39 Å². The Labute approximate surface area is 185 Å². The minimum Gasteiger partial charge on any atom is -0.497 e. The van der Waals surface area contributed by atoms with E-state index < -0.39 is 0 Å². The van der Waals surface area contributed by atoms with E-state index in [-0.39, 0.29) is 24.3 Å². The Hall–Kier alpha value is -3.80. The number of methoxy groups -OCH3 is 1. The predicted octanol–water partition coefficient (Wildman–Crippen LogP) is 5.63. The molecule has 1 atom stereocenters. The molecule has 5 rings (SSSR count). The number of carbonyl (C=O) groups is 1. The van der Waals surface area contributed by atoms with Crippen molar-refractivity contribution in [3.63, 3.8) is 0 Å². The first kappa shape index (κ1) is 20.1. The first-order valence-electron chi connectivity index (χ1n) is 10.3. The summed E-state index contributed by atoms with van der Waals surface area (Å²) in [6.45, 7) is 1.90. The zero-order valence-corrected chi connectivity index (χ0v) is 17.7. The number of carbonyl (C=O) groups excluding carboxylic acids is 1. The molecular weight excluding hydrogens is 411 g/mol. The fraction of sp³-hybridized carbons (Fsp3) is 0.192. The van der Waals surface area contributed by atoms with Crippen LogP contribution < -0.4 is 18.9 Å². The number of hydrogen-bond donors (Lipinski definition) is 0. The number of halogens is 1. The van der Waals surface area contributed by atoms with Crippen molar-refractivity contribution in [2.24, 2.45) is 0 Å². The van der Waals surface area contributed by atoms with Gasteiger partial charge < -0.3 is 18.9 Å². The van der Waals surface area contributed by atoms with Crippen LogP contribution in [0.3, 0.4) is 0 Å². The number of Topliss-reactive ketones (excluding diaryl/α,β-unsaturated/α-hetero) is 1. The van der Waals surface area contributed by atoms with Gasteiger partial charge in [-0.25, -0.2) is 4.39 Å². The zero-order chi connectivity index (χ0) is 22.2. The number of hydrogen-bond acceptors (Lipinski definition) is 5. The van der Waals surface area contributed by atoms with Gasteiger partial charge in [0, 0.05) is 35.1 Å². The molecule has 0 unspecified atom stereocenters. The van der Waals surface area contributed by atoms with E-state index in [1.54, 1.807) is 14.0 Å². The molecule has 2 heterocycles. The SMILES string of the molecule is COc1ccc([C@@H]2C/C(=C(\C)C(=O)c3ccc(F)cc3)Oc3cc4c(cc32)OCO4)cc1. The van der Waals surface area contributed by atoms with Gasteiger partial charge in [-0.2, -0.15) is 0 Å². The van der Waals surface area contributed by atoms with Gasteiger partial charge in [0.2, 0.25) is 6.79 Å². The number of allylic oxidation sites excluding steroid dienone is 2. The van der Waals surface area contributed by atoms with E-state index >= 15 is 0 Å². The lowest BCUT2D eigenvalue weighted by Gasteiger charge is -2.29. The van der Waals surface area contributed by atoms with Crippen molar-refractivity contribution in [3.05, 3.63) is 94.5 Å². The van der Waals surface area contributed by atoms with Crippen LogP contribution in [-0.4, -0.2) is 19.7 Å². The molecule has 0 fully saturated rings. The summed E-state index contributed by atoms with van der Waals surface area (Å²) in [5.74, 6) is 2.63. The quantitative estimate of drug-likeness (QED) is 0.395. The van der Waals surface area contributed by atoms with Crippen LogP contribution in [0, 0.1) is 5.82 Å². The molecule has 0 spiro atoms. The summed E-state index contributed by atoms with van der Waals surface area (Å²) in [6.07, 6.45) is 0.498. The van der Waals surface area contributed by atoms with Gasteiger partial charge in [-0.3, -0.25) is 4.79 Å².